The van der Waals surface area contributed by atoms with Crippen molar-refractivity contribution >= 4 is 23.6 Å². The molecule has 8 fully saturated rings. The Kier molecular flexibility index (Phi) is 23.4. The fourth-order valence-electron chi connectivity index (χ4n) is 17.9. The van der Waals surface area contributed by atoms with Crippen molar-refractivity contribution < 1.29 is 55.7 Å². The van der Waals surface area contributed by atoms with E-state index in [0.29, 0.717) is 101 Å². The Hall–Kier alpha value is -13.7. The summed E-state index contributed by atoms with van der Waals surface area (Å²) in [6, 6.07) is 25.7. The lowest BCUT2D eigenvalue weighted by molar-refractivity contribution is 0.0459. The number of likely N-dealkylation sites (tertiary alicyclic amines) is 4. The predicted molar refractivity (Wildman–Crippen MR) is 439 cm³/mol. The highest BCUT2D eigenvalue weighted by molar-refractivity contribution is 6.01. The van der Waals surface area contributed by atoms with Crippen LogP contribution in [0.4, 0.5) is 17.6 Å². The van der Waals surface area contributed by atoms with Gasteiger partial charge in [-0.1, -0.05) is 24.3 Å². The van der Waals surface area contributed by atoms with Gasteiger partial charge in [-0.3, -0.25) is 34.1 Å². The molecule has 4 aliphatic carbocycles. The third kappa shape index (κ3) is 17.9. The molecule has 626 valence electrons. The molecule has 4 saturated heterocycles. The average molecular weight is 1660 g/mol. The molecule has 32 heteroatoms. The highest BCUT2D eigenvalue weighted by Gasteiger charge is 2.53. The van der Waals surface area contributed by atoms with Gasteiger partial charge in [-0.15, -0.1) is 0 Å². The molecule has 20 rings (SSSR count). The molecule has 28 nitrogen and oxygen atoms in total. The number of rotatable bonds is 16. The van der Waals surface area contributed by atoms with Crippen molar-refractivity contribution in [3.05, 3.63) is 263 Å². The fourth-order valence-corrected chi connectivity index (χ4v) is 17.9. The molecule has 8 bridgehead atoms. The molecule has 123 heavy (non-hydrogen) atoms. The molecule has 4 saturated carbocycles. The Balaban J connectivity index is 0.000000116. The zero-order valence-corrected chi connectivity index (χ0v) is 68.4. The number of pyridine rings is 8. The quantitative estimate of drug-likeness (QED) is 0.0811. The lowest BCUT2D eigenvalue weighted by atomic mass is 10.0. The van der Waals surface area contributed by atoms with E-state index in [2.05, 4.69) is 79.7 Å². The Morgan fingerprint density at radius 3 is 1.07 bits per heavy atom. The van der Waals surface area contributed by atoms with Crippen molar-refractivity contribution in [1.82, 2.24) is 99.3 Å². The van der Waals surface area contributed by atoms with Gasteiger partial charge in [-0.25, -0.2) is 82.4 Å². The first-order chi connectivity index (χ1) is 59.5. The number of halogens is 4. The Bertz CT molecular complexity index is 5560. The van der Waals surface area contributed by atoms with Gasteiger partial charge >= 0.3 is 0 Å². The highest BCUT2D eigenvalue weighted by atomic mass is 19.1. The molecule has 16 heterocycles. The van der Waals surface area contributed by atoms with Crippen LogP contribution in [0.5, 0.6) is 23.5 Å². The Morgan fingerprint density at radius 2 is 0.675 bits per heavy atom. The van der Waals surface area contributed by atoms with E-state index in [-0.39, 0.29) is 113 Å². The van der Waals surface area contributed by atoms with E-state index in [1.54, 1.807) is 79.8 Å². The van der Waals surface area contributed by atoms with Crippen molar-refractivity contribution in [3.8, 4) is 69.2 Å². The van der Waals surface area contributed by atoms with Crippen LogP contribution in [0.25, 0.3) is 45.7 Å². The van der Waals surface area contributed by atoms with Gasteiger partial charge in [0.2, 0.25) is 23.5 Å². The van der Waals surface area contributed by atoms with Crippen molar-refractivity contribution in [1.29, 1.82) is 0 Å². The Morgan fingerprint density at radius 1 is 0.325 bits per heavy atom. The summed E-state index contributed by atoms with van der Waals surface area (Å²) in [6.45, 7) is 16.2. The van der Waals surface area contributed by atoms with E-state index < -0.39 is 23.3 Å². The summed E-state index contributed by atoms with van der Waals surface area (Å²) in [5.74, 6) is 2.14. The molecule has 12 atom stereocenters. The van der Waals surface area contributed by atoms with Crippen LogP contribution in [0.2, 0.25) is 0 Å². The highest BCUT2D eigenvalue weighted by Crippen LogP contribution is 2.46. The molecular formula is C91H86F4N20O8. The number of aryl methyl sites for hydroxylation is 7. The van der Waals surface area contributed by atoms with Crippen LogP contribution in [-0.2, 0) is 0 Å². The molecule has 0 N–H and O–H groups in total. The minimum absolute atomic E-state index is 0.0249. The van der Waals surface area contributed by atoms with E-state index in [9.17, 15) is 36.7 Å². The van der Waals surface area contributed by atoms with Gasteiger partial charge in [0.15, 0.2) is 46.6 Å². The van der Waals surface area contributed by atoms with Crippen LogP contribution in [0.15, 0.2) is 178 Å². The van der Waals surface area contributed by atoms with Crippen LogP contribution in [0.3, 0.4) is 0 Å². The maximum Gasteiger partial charge on any atom is 0.273 e. The molecule has 0 aromatic carbocycles. The maximum absolute atomic E-state index is 13.6. The summed E-state index contributed by atoms with van der Waals surface area (Å²) in [6.07, 6.45) is 27.4. The van der Waals surface area contributed by atoms with Crippen molar-refractivity contribution in [2.24, 2.45) is 23.7 Å². The normalized spacial score (nSPS) is 22.1. The van der Waals surface area contributed by atoms with E-state index in [4.69, 9.17) is 18.9 Å². The minimum atomic E-state index is -0.537. The van der Waals surface area contributed by atoms with E-state index >= 15 is 0 Å². The second-order valence-corrected chi connectivity index (χ2v) is 32.7. The molecule has 4 amide bonds. The van der Waals surface area contributed by atoms with Gasteiger partial charge in [0.25, 0.3) is 23.6 Å². The molecule has 8 aliphatic rings. The minimum Gasteiger partial charge on any atom is -0.472 e. The maximum atomic E-state index is 13.6. The third-order valence-corrected chi connectivity index (χ3v) is 23.6. The number of hydrogen-bond acceptors (Lipinski definition) is 24. The third-order valence-electron chi connectivity index (χ3n) is 23.6. The largest absolute Gasteiger partial charge is 0.472 e. The Labute approximate surface area is 705 Å². The fraction of sp³-hybridized carbons (Fsp3) is 0.341. The predicted octanol–water partition coefficient (Wildman–Crippen LogP) is 13.2. The standard InChI is InChI=1S/3C23H22FN5O2.C22H20FN5O2/c1-13-3-6-20(25-9-13)31-19-8-15-7-18(19)29(12-15)23(30)21-17(5-4-14(2)28-21)22-26-10-16(24)11-27-22;1-13-3-4-20(25-8-13)31-19-7-15-6-18(19)29(12-15)23(30)17-5-14(2)9-26-21(17)22-27-10-16(24)11-28-22;1-13-3-4-19(26-9-13)31-18-8-15-7-17(18)29(12-15)23(30)21-20(14(2)5-6-25-21)22-27-10-16(24)11-28-22;1-13-4-5-19(25-9-13)30-18-8-14-7-17(18)28(12-14)22(29)20-16(3-2-6-24-20)21-26-10-15(23)11-27-21/h3-6,9-11,15,18-19H,7-8,12H2,1-2H3;3-5,8-11,15,18-19H,6-7,12H2,1-2H3;3-6,9-11,15,17-18H,7-8,12H2,1-2H3;2-6,9-11,14,17-18H,7-8,12H2,1H3. The smallest absolute Gasteiger partial charge is 0.273 e. The van der Waals surface area contributed by atoms with Crippen LogP contribution in [0, 0.1) is 95.4 Å². The lowest BCUT2D eigenvalue weighted by Gasteiger charge is -2.33. The number of carbonyl (C=O) groups excluding carboxylic acids is 4. The van der Waals surface area contributed by atoms with Crippen LogP contribution >= 0.6 is 0 Å². The van der Waals surface area contributed by atoms with Gasteiger partial charge in [-0.05, 0) is 193 Å². The van der Waals surface area contributed by atoms with Gasteiger partial charge in [0.1, 0.15) is 47.2 Å². The molecule has 4 aliphatic heterocycles. The zero-order chi connectivity index (χ0) is 85.3. The second-order valence-electron chi connectivity index (χ2n) is 32.7. The van der Waals surface area contributed by atoms with Crippen molar-refractivity contribution in [2.75, 3.05) is 26.2 Å². The average Bonchev–Trinajstić information content (AvgIpc) is 1.68. The summed E-state index contributed by atoms with van der Waals surface area (Å²) in [5, 5.41) is 0. The van der Waals surface area contributed by atoms with Gasteiger partial charge < -0.3 is 38.5 Å². The van der Waals surface area contributed by atoms with Gasteiger partial charge in [0.05, 0.1) is 96.0 Å². The lowest BCUT2D eigenvalue weighted by Crippen LogP contribution is -2.47. The first-order valence-corrected chi connectivity index (χ1v) is 40.9. The van der Waals surface area contributed by atoms with Gasteiger partial charge in [-0.2, -0.15) is 0 Å². The first-order valence-electron chi connectivity index (χ1n) is 40.9. The van der Waals surface area contributed by atoms with Gasteiger partial charge in [0, 0.05) is 99.5 Å². The number of fused-ring (bicyclic) bond motifs is 8. The number of ether oxygens (including phenoxy) is 4. The molecule has 0 radical (unpaired) electrons. The number of carbonyl (C=O) groups is 4. The second kappa shape index (κ2) is 35.2. The SMILES string of the molecule is Cc1ccc(OC2CC3CC2N(C(=O)c2cc(C)cnc2-c2ncc(F)cn2)C3)nc1.Cc1ccc(OC2CC3CC2N(C(=O)c2nc(C)ccc2-c2ncc(F)cn2)C3)nc1.Cc1ccc(OC2CC3CC2N(C(=O)c2nccc(C)c2-c2ncc(F)cn2)C3)nc1.Cc1ccc(OC2CC3CC2N(C(=O)c2ncccc2-c2ncc(F)cn2)C3)nc1. The first kappa shape index (κ1) is 81.7. The topological polar surface area (TPSA) is 324 Å². The van der Waals surface area contributed by atoms with E-state index in [1.807, 2.05) is 117 Å². The van der Waals surface area contributed by atoms with Crippen LogP contribution < -0.4 is 18.9 Å². The summed E-state index contributed by atoms with van der Waals surface area (Å²) < 4.78 is 77.6. The summed E-state index contributed by atoms with van der Waals surface area (Å²) >= 11 is 0. The van der Waals surface area contributed by atoms with E-state index in [0.717, 1.165) is 140 Å². The van der Waals surface area contributed by atoms with E-state index in [1.165, 1.54) is 0 Å². The molecule has 12 aromatic rings. The number of piperidine rings is 4. The molecular weight excluding hydrogens is 1580 g/mol. The number of nitrogens with zero attached hydrogens (tertiary/aromatic N) is 20. The molecule has 12 unspecified atom stereocenters. The van der Waals surface area contributed by atoms with Crippen LogP contribution in [-0.4, -0.2) is 198 Å². The number of aromatic nitrogens is 16. The summed E-state index contributed by atoms with van der Waals surface area (Å²) in [4.78, 5) is 129. The summed E-state index contributed by atoms with van der Waals surface area (Å²) in [7, 11) is 0. The number of hydrogen-bond donors (Lipinski definition) is 0. The zero-order valence-electron chi connectivity index (χ0n) is 68.4. The molecule has 12 aromatic heterocycles. The van der Waals surface area contributed by atoms with Crippen LogP contribution in [0.1, 0.15) is 132 Å². The monoisotopic (exact) mass is 1660 g/mol. The number of amides is 4. The van der Waals surface area contributed by atoms with Crippen molar-refractivity contribution in [2.45, 2.75) is 148 Å². The summed E-state index contributed by atoms with van der Waals surface area (Å²) in [5.41, 5.74) is 9.79. The molecule has 0 spiro atoms. The van der Waals surface area contributed by atoms with Crippen molar-refractivity contribution in [3.63, 3.8) is 0 Å².